The van der Waals surface area contributed by atoms with Gasteiger partial charge in [0.2, 0.25) is 11.8 Å². The summed E-state index contributed by atoms with van der Waals surface area (Å²) in [5.74, 6) is 0.643. The number of nitrogens with one attached hydrogen (secondary N) is 1. The van der Waals surface area contributed by atoms with E-state index in [4.69, 9.17) is 9.47 Å². The lowest BCUT2D eigenvalue weighted by Crippen LogP contribution is -2.46. The molecule has 2 fully saturated rings. The second-order valence-electron chi connectivity index (χ2n) is 8.90. The molecule has 1 amide bonds. The number of ether oxygens (including phenoxy) is 2. The van der Waals surface area contributed by atoms with E-state index in [2.05, 4.69) is 20.2 Å². The zero-order valence-electron chi connectivity index (χ0n) is 18.6. The van der Waals surface area contributed by atoms with Crippen molar-refractivity contribution in [3.8, 4) is 5.88 Å². The molecule has 1 saturated carbocycles. The second-order valence-corrected chi connectivity index (χ2v) is 8.90. The summed E-state index contributed by atoms with van der Waals surface area (Å²) in [6, 6.07) is 0.0416. The SMILES string of the molecule is CC(C)Oc1nc(N2C[C@@H](C)O[C@@H](C)C2)ncc1C(=O)N[C@@H]1CCCC[C@H](O)CC1. The molecule has 30 heavy (non-hydrogen) atoms. The summed E-state index contributed by atoms with van der Waals surface area (Å²) in [6.07, 6.45) is 6.60. The van der Waals surface area contributed by atoms with Crippen LogP contribution >= 0.6 is 0 Å². The van der Waals surface area contributed by atoms with Gasteiger partial charge in [-0.3, -0.25) is 4.79 Å². The average molecular weight is 421 g/mol. The molecule has 3 rings (SSSR count). The molecule has 1 aliphatic carbocycles. The number of amides is 1. The van der Waals surface area contributed by atoms with Crippen molar-refractivity contribution < 1.29 is 19.4 Å². The van der Waals surface area contributed by atoms with Gasteiger partial charge in [-0.1, -0.05) is 12.8 Å². The fourth-order valence-electron chi connectivity index (χ4n) is 4.18. The molecular formula is C22H36N4O4. The largest absolute Gasteiger partial charge is 0.474 e. The summed E-state index contributed by atoms with van der Waals surface area (Å²) in [4.78, 5) is 24.2. The molecule has 168 valence electrons. The van der Waals surface area contributed by atoms with Crippen LogP contribution in [-0.2, 0) is 4.74 Å². The maximum Gasteiger partial charge on any atom is 0.258 e. The Bertz CT molecular complexity index is 704. The van der Waals surface area contributed by atoms with Gasteiger partial charge in [-0.25, -0.2) is 4.98 Å². The summed E-state index contributed by atoms with van der Waals surface area (Å²) in [5, 5.41) is 13.1. The van der Waals surface area contributed by atoms with Crippen LogP contribution < -0.4 is 15.0 Å². The van der Waals surface area contributed by atoms with Crippen LogP contribution in [0.4, 0.5) is 5.95 Å². The molecule has 2 heterocycles. The molecule has 0 bridgehead atoms. The Kier molecular flexibility index (Phi) is 7.88. The quantitative estimate of drug-likeness (QED) is 0.756. The van der Waals surface area contributed by atoms with E-state index in [9.17, 15) is 9.90 Å². The summed E-state index contributed by atoms with van der Waals surface area (Å²) in [6.45, 7) is 9.28. The number of rotatable bonds is 5. The lowest BCUT2D eigenvalue weighted by atomic mass is 9.95. The summed E-state index contributed by atoms with van der Waals surface area (Å²) in [7, 11) is 0. The fraction of sp³-hybridized carbons (Fsp3) is 0.773. The predicted molar refractivity (Wildman–Crippen MR) is 115 cm³/mol. The number of nitrogens with zero attached hydrogens (tertiary/aromatic N) is 3. The monoisotopic (exact) mass is 420 g/mol. The van der Waals surface area contributed by atoms with Crippen LogP contribution in [0.3, 0.4) is 0 Å². The molecule has 8 heteroatoms. The van der Waals surface area contributed by atoms with Crippen molar-refractivity contribution >= 4 is 11.9 Å². The van der Waals surface area contributed by atoms with Gasteiger partial charge in [0.1, 0.15) is 5.56 Å². The molecule has 0 unspecified atom stereocenters. The predicted octanol–water partition coefficient (Wildman–Crippen LogP) is 2.69. The Morgan fingerprint density at radius 2 is 1.90 bits per heavy atom. The highest BCUT2D eigenvalue weighted by molar-refractivity contribution is 5.96. The Morgan fingerprint density at radius 1 is 1.20 bits per heavy atom. The minimum absolute atomic E-state index is 0.0416. The lowest BCUT2D eigenvalue weighted by Gasteiger charge is -2.35. The number of hydrogen-bond donors (Lipinski definition) is 2. The molecule has 0 radical (unpaired) electrons. The molecule has 0 spiro atoms. The fourth-order valence-corrected chi connectivity index (χ4v) is 4.18. The summed E-state index contributed by atoms with van der Waals surface area (Å²) in [5.41, 5.74) is 0.351. The first-order chi connectivity index (χ1) is 14.3. The molecule has 1 aliphatic heterocycles. The molecule has 2 N–H and O–H groups in total. The van der Waals surface area contributed by atoms with E-state index in [1.807, 2.05) is 27.7 Å². The van der Waals surface area contributed by atoms with Crippen LogP contribution in [0.5, 0.6) is 5.88 Å². The third-order valence-corrected chi connectivity index (χ3v) is 5.56. The molecular weight excluding hydrogens is 384 g/mol. The summed E-state index contributed by atoms with van der Waals surface area (Å²) >= 11 is 0. The first kappa shape index (κ1) is 22.7. The van der Waals surface area contributed by atoms with Crippen molar-refractivity contribution in [1.29, 1.82) is 0 Å². The van der Waals surface area contributed by atoms with Gasteiger partial charge < -0.3 is 24.8 Å². The molecule has 8 nitrogen and oxygen atoms in total. The van der Waals surface area contributed by atoms with Crippen LogP contribution in [-0.4, -0.2) is 64.5 Å². The van der Waals surface area contributed by atoms with E-state index in [0.717, 1.165) is 32.1 Å². The van der Waals surface area contributed by atoms with E-state index in [1.54, 1.807) is 6.20 Å². The molecule has 1 aromatic heterocycles. The molecule has 2 aliphatic rings. The second kappa shape index (κ2) is 10.4. The van der Waals surface area contributed by atoms with E-state index >= 15 is 0 Å². The first-order valence-electron chi connectivity index (χ1n) is 11.2. The van der Waals surface area contributed by atoms with Gasteiger partial charge in [-0.2, -0.15) is 4.98 Å². The Labute approximate surface area is 179 Å². The number of aliphatic hydroxyl groups excluding tert-OH is 1. The van der Waals surface area contributed by atoms with Crippen LogP contribution in [0.25, 0.3) is 0 Å². The number of anilines is 1. The zero-order valence-corrected chi connectivity index (χ0v) is 18.6. The average Bonchev–Trinajstić information content (AvgIpc) is 2.66. The zero-order chi connectivity index (χ0) is 21.7. The first-order valence-corrected chi connectivity index (χ1v) is 11.2. The van der Waals surface area contributed by atoms with Gasteiger partial charge in [0, 0.05) is 25.3 Å². The maximum absolute atomic E-state index is 13.0. The highest BCUT2D eigenvalue weighted by Crippen LogP contribution is 2.24. The van der Waals surface area contributed by atoms with Gasteiger partial charge in [0.25, 0.3) is 5.91 Å². The van der Waals surface area contributed by atoms with Crippen LogP contribution in [0.1, 0.15) is 76.6 Å². The van der Waals surface area contributed by atoms with Crippen molar-refractivity contribution in [2.75, 3.05) is 18.0 Å². The standard InChI is InChI=1S/C22H36N4O4/c1-14(2)29-21-19(20(28)24-17-7-5-6-8-18(27)10-9-17)11-23-22(25-21)26-12-15(3)30-16(4)13-26/h11,14-18,27H,5-10,12-13H2,1-4H3,(H,24,28)/t15-,16+,17-,18+/m1/s1. The van der Waals surface area contributed by atoms with E-state index in [-0.39, 0.29) is 36.4 Å². The van der Waals surface area contributed by atoms with Gasteiger partial charge >= 0.3 is 0 Å². The third kappa shape index (κ3) is 6.28. The number of hydrogen-bond acceptors (Lipinski definition) is 7. The lowest BCUT2D eigenvalue weighted by molar-refractivity contribution is -0.00578. The number of carbonyl (C=O) groups is 1. The van der Waals surface area contributed by atoms with Gasteiger partial charge in [-0.15, -0.1) is 0 Å². The highest BCUT2D eigenvalue weighted by atomic mass is 16.5. The molecule has 1 saturated heterocycles. The number of aliphatic hydroxyl groups is 1. The van der Waals surface area contributed by atoms with E-state index in [1.165, 1.54) is 0 Å². The van der Waals surface area contributed by atoms with E-state index < -0.39 is 0 Å². The Morgan fingerprint density at radius 3 is 2.60 bits per heavy atom. The number of carbonyl (C=O) groups excluding carboxylic acids is 1. The third-order valence-electron chi connectivity index (χ3n) is 5.56. The van der Waals surface area contributed by atoms with E-state index in [0.29, 0.717) is 36.9 Å². The van der Waals surface area contributed by atoms with Crippen molar-refractivity contribution in [3.05, 3.63) is 11.8 Å². The van der Waals surface area contributed by atoms with Crippen LogP contribution in [0.2, 0.25) is 0 Å². The van der Waals surface area contributed by atoms with Crippen LogP contribution in [0, 0.1) is 0 Å². The molecule has 4 atom stereocenters. The van der Waals surface area contributed by atoms with Crippen molar-refractivity contribution in [2.24, 2.45) is 0 Å². The maximum atomic E-state index is 13.0. The highest BCUT2D eigenvalue weighted by Gasteiger charge is 2.27. The normalized spacial score (nSPS) is 28.0. The van der Waals surface area contributed by atoms with Gasteiger partial charge in [0.15, 0.2) is 0 Å². The summed E-state index contributed by atoms with van der Waals surface area (Å²) < 4.78 is 11.7. The van der Waals surface area contributed by atoms with Crippen molar-refractivity contribution in [2.45, 2.75) is 96.7 Å². The van der Waals surface area contributed by atoms with Gasteiger partial charge in [0.05, 0.1) is 24.4 Å². The topological polar surface area (TPSA) is 96.8 Å². The van der Waals surface area contributed by atoms with Gasteiger partial charge in [-0.05, 0) is 53.4 Å². The smallest absolute Gasteiger partial charge is 0.258 e. The van der Waals surface area contributed by atoms with Crippen molar-refractivity contribution in [1.82, 2.24) is 15.3 Å². The molecule has 0 aromatic carbocycles. The van der Waals surface area contributed by atoms with Crippen LogP contribution in [0.15, 0.2) is 6.20 Å². The minimum Gasteiger partial charge on any atom is -0.474 e. The Balaban J connectivity index is 1.76. The molecule has 1 aromatic rings. The van der Waals surface area contributed by atoms with Crippen molar-refractivity contribution in [3.63, 3.8) is 0 Å². The Hall–Kier alpha value is -1.93. The number of morpholine rings is 1. The minimum atomic E-state index is -0.273. The number of aromatic nitrogens is 2.